The Morgan fingerprint density at radius 3 is 2.69 bits per heavy atom. The van der Waals surface area contributed by atoms with Gasteiger partial charge in [0.15, 0.2) is 0 Å². The van der Waals surface area contributed by atoms with E-state index < -0.39 is 0 Å². The molecule has 0 bridgehead atoms. The summed E-state index contributed by atoms with van der Waals surface area (Å²) in [6, 6.07) is 10.8. The van der Waals surface area contributed by atoms with Gasteiger partial charge in [0.2, 0.25) is 5.91 Å². The van der Waals surface area contributed by atoms with Crippen molar-refractivity contribution in [3.8, 4) is 6.07 Å². The van der Waals surface area contributed by atoms with E-state index >= 15 is 0 Å². The molecule has 0 aromatic heterocycles. The van der Waals surface area contributed by atoms with Gasteiger partial charge >= 0.3 is 0 Å². The lowest BCUT2D eigenvalue weighted by Gasteiger charge is -1.99. The lowest BCUT2D eigenvalue weighted by atomic mass is 10.3. The van der Waals surface area contributed by atoms with E-state index in [9.17, 15) is 4.79 Å². The molecule has 0 saturated heterocycles. The summed E-state index contributed by atoms with van der Waals surface area (Å²) in [5.41, 5.74) is 0.718. The first-order chi connectivity index (χ1) is 6.33. The van der Waals surface area contributed by atoms with Crippen molar-refractivity contribution in [1.82, 2.24) is 0 Å². The zero-order valence-electron chi connectivity index (χ0n) is 6.90. The van der Waals surface area contributed by atoms with E-state index in [1.54, 1.807) is 18.2 Å². The monoisotopic (exact) mass is 172 g/mol. The second kappa shape index (κ2) is 4.73. The smallest absolute Gasteiger partial charge is 0.249 e. The maximum absolute atomic E-state index is 11.0. The van der Waals surface area contributed by atoms with Crippen molar-refractivity contribution in [1.29, 1.82) is 5.26 Å². The minimum Gasteiger partial charge on any atom is -0.322 e. The lowest BCUT2D eigenvalue weighted by Crippen LogP contribution is -2.07. The van der Waals surface area contributed by atoms with Crippen molar-refractivity contribution in [2.75, 3.05) is 5.32 Å². The van der Waals surface area contributed by atoms with Crippen LogP contribution in [-0.2, 0) is 4.79 Å². The lowest BCUT2D eigenvalue weighted by molar-refractivity contribution is -0.111. The molecule has 0 atom stereocenters. The van der Waals surface area contributed by atoms with Crippen LogP contribution in [0.15, 0.2) is 42.5 Å². The zero-order valence-corrected chi connectivity index (χ0v) is 6.90. The highest BCUT2D eigenvalue weighted by Gasteiger charge is 1.94. The zero-order chi connectivity index (χ0) is 9.52. The van der Waals surface area contributed by atoms with Gasteiger partial charge < -0.3 is 5.32 Å². The van der Waals surface area contributed by atoms with Crippen LogP contribution in [0.3, 0.4) is 0 Å². The van der Waals surface area contributed by atoms with Gasteiger partial charge in [0.1, 0.15) is 0 Å². The number of carbonyl (C=O) groups excluding carboxylic acids is 1. The number of anilines is 1. The number of nitrogens with one attached hydrogen (secondary N) is 1. The van der Waals surface area contributed by atoms with Crippen LogP contribution in [0.2, 0.25) is 0 Å². The molecule has 1 rings (SSSR count). The topological polar surface area (TPSA) is 52.9 Å². The van der Waals surface area contributed by atoms with Crippen molar-refractivity contribution in [3.05, 3.63) is 42.5 Å². The van der Waals surface area contributed by atoms with Crippen molar-refractivity contribution in [2.24, 2.45) is 0 Å². The van der Waals surface area contributed by atoms with Crippen LogP contribution in [0.1, 0.15) is 0 Å². The number of nitriles is 1. The molecule has 0 unspecified atom stereocenters. The molecule has 0 heterocycles. The van der Waals surface area contributed by atoms with Crippen molar-refractivity contribution < 1.29 is 4.79 Å². The number of hydrogen-bond donors (Lipinski definition) is 1. The Morgan fingerprint density at radius 1 is 1.38 bits per heavy atom. The number of rotatable bonds is 2. The SMILES string of the molecule is N#CC=CC(=O)Nc1ccccc1. The Kier molecular flexibility index (Phi) is 3.28. The van der Waals surface area contributed by atoms with Gasteiger partial charge in [-0.2, -0.15) is 5.26 Å². The summed E-state index contributed by atoms with van der Waals surface area (Å²) >= 11 is 0. The minimum absolute atomic E-state index is 0.298. The molecule has 1 aromatic carbocycles. The molecule has 13 heavy (non-hydrogen) atoms. The van der Waals surface area contributed by atoms with E-state index in [1.165, 1.54) is 6.08 Å². The van der Waals surface area contributed by atoms with Crippen LogP contribution in [0.4, 0.5) is 5.69 Å². The Morgan fingerprint density at radius 2 is 2.08 bits per heavy atom. The summed E-state index contributed by atoms with van der Waals surface area (Å²) in [6.45, 7) is 0. The summed E-state index contributed by atoms with van der Waals surface area (Å²) in [5, 5.41) is 10.8. The average Bonchev–Trinajstić information content (AvgIpc) is 2.16. The van der Waals surface area contributed by atoms with Crippen LogP contribution in [0.5, 0.6) is 0 Å². The molecule has 1 N–H and O–H groups in total. The molecular formula is C10H8N2O. The maximum Gasteiger partial charge on any atom is 0.249 e. The third kappa shape index (κ3) is 3.21. The molecule has 64 valence electrons. The number of nitrogens with zero attached hydrogens (tertiary/aromatic N) is 1. The van der Waals surface area contributed by atoms with Crippen LogP contribution in [0, 0.1) is 11.3 Å². The molecule has 3 heteroatoms. The number of hydrogen-bond acceptors (Lipinski definition) is 2. The summed E-state index contributed by atoms with van der Waals surface area (Å²) in [4.78, 5) is 11.0. The molecule has 0 radical (unpaired) electrons. The Balaban J connectivity index is 2.57. The summed E-state index contributed by atoms with van der Waals surface area (Å²) in [5.74, 6) is -0.298. The van der Waals surface area contributed by atoms with Gasteiger partial charge in [0.25, 0.3) is 0 Å². The number of benzene rings is 1. The fourth-order valence-corrected chi connectivity index (χ4v) is 0.818. The van der Waals surface area contributed by atoms with Crippen LogP contribution in [0.25, 0.3) is 0 Å². The molecular weight excluding hydrogens is 164 g/mol. The number of carbonyl (C=O) groups is 1. The number of allylic oxidation sites excluding steroid dienone is 1. The second-order valence-corrected chi connectivity index (χ2v) is 2.32. The minimum atomic E-state index is -0.298. The van der Waals surface area contributed by atoms with E-state index in [2.05, 4.69) is 5.32 Å². The largest absolute Gasteiger partial charge is 0.322 e. The normalized spacial score (nSPS) is 9.46. The van der Waals surface area contributed by atoms with Crippen molar-refractivity contribution in [3.63, 3.8) is 0 Å². The standard InChI is InChI=1S/C10H8N2O/c11-8-4-7-10(13)12-9-5-2-1-3-6-9/h1-7H,(H,12,13). The summed E-state index contributed by atoms with van der Waals surface area (Å²) < 4.78 is 0. The quantitative estimate of drug-likeness (QED) is 0.545. The predicted molar refractivity (Wildman–Crippen MR) is 49.8 cm³/mol. The highest BCUT2D eigenvalue weighted by atomic mass is 16.1. The number of amides is 1. The highest BCUT2D eigenvalue weighted by molar-refractivity contribution is 5.99. The van der Waals surface area contributed by atoms with E-state index in [0.717, 1.165) is 11.8 Å². The first-order valence-electron chi connectivity index (χ1n) is 3.75. The Labute approximate surface area is 76.3 Å². The first kappa shape index (κ1) is 9.01. The Hall–Kier alpha value is -2.08. The first-order valence-corrected chi connectivity index (χ1v) is 3.75. The maximum atomic E-state index is 11.0. The van der Waals surface area contributed by atoms with Crippen molar-refractivity contribution in [2.45, 2.75) is 0 Å². The van der Waals surface area contributed by atoms with Crippen LogP contribution < -0.4 is 5.32 Å². The van der Waals surface area contributed by atoms with E-state index in [0.29, 0.717) is 0 Å². The molecule has 1 aromatic rings. The Bertz CT molecular complexity index is 349. The van der Waals surface area contributed by atoms with E-state index in [1.807, 2.05) is 18.2 Å². The molecule has 0 fully saturated rings. The molecule has 0 aliphatic heterocycles. The van der Waals surface area contributed by atoms with Gasteiger partial charge in [-0.3, -0.25) is 4.79 Å². The fourth-order valence-electron chi connectivity index (χ4n) is 0.818. The van der Waals surface area contributed by atoms with Gasteiger partial charge in [0, 0.05) is 17.8 Å². The molecule has 0 aliphatic carbocycles. The fraction of sp³-hybridized carbons (Fsp3) is 0. The summed E-state index contributed by atoms with van der Waals surface area (Å²) in [7, 11) is 0. The van der Waals surface area contributed by atoms with Gasteiger partial charge in [-0.1, -0.05) is 18.2 Å². The predicted octanol–water partition coefficient (Wildman–Crippen LogP) is 1.70. The van der Waals surface area contributed by atoms with Gasteiger partial charge in [-0.05, 0) is 12.1 Å². The molecule has 3 nitrogen and oxygen atoms in total. The van der Waals surface area contributed by atoms with Gasteiger partial charge in [0.05, 0.1) is 6.07 Å². The van der Waals surface area contributed by atoms with E-state index in [-0.39, 0.29) is 5.91 Å². The van der Waals surface area contributed by atoms with E-state index in [4.69, 9.17) is 5.26 Å². The molecule has 0 saturated carbocycles. The van der Waals surface area contributed by atoms with Crippen molar-refractivity contribution >= 4 is 11.6 Å². The summed E-state index contributed by atoms with van der Waals surface area (Å²) in [6.07, 6.45) is 2.32. The molecule has 0 aliphatic rings. The third-order valence-corrected chi connectivity index (χ3v) is 1.35. The van der Waals surface area contributed by atoms with Gasteiger partial charge in [-0.15, -0.1) is 0 Å². The second-order valence-electron chi connectivity index (χ2n) is 2.32. The van der Waals surface area contributed by atoms with Gasteiger partial charge in [-0.25, -0.2) is 0 Å². The highest BCUT2D eigenvalue weighted by Crippen LogP contribution is 2.04. The van der Waals surface area contributed by atoms with Crippen LogP contribution in [-0.4, -0.2) is 5.91 Å². The molecule has 1 amide bonds. The number of para-hydroxylation sites is 1. The van der Waals surface area contributed by atoms with Crippen LogP contribution >= 0.6 is 0 Å². The molecule has 0 spiro atoms. The average molecular weight is 172 g/mol. The third-order valence-electron chi connectivity index (χ3n) is 1.35.